The number of fused-ring (bicyclic) bond motifs is 1. The summed E-state index contributed by atoms with van der Waals surface area (Å²) in [5.41, 5.74) is 0.990. The van der Waals surface area contributed by atoms with E-state index in [2.05, 4.69) is 15.5 Å². The Balaban J connectivity index is 1.13. The monoisotopic (exact) mass is 384 g/mol. The maximum absolute atomic E-state index is 12.6. The van der Waals surface area contributed by atoms with E-state index in [9.17, 15) is 4.79 Å². The number of ether oxygens (including phenoxy) is 2. The third-order valence-electron chi connectivity index (χ3n) is 5.58. The van der Waals surface area contributed by atoms with Gasteiger partial charge in [-0.2, -0.15) is 4.98 Å². The Kier molecular flexibility index (Phi) is 4.54. The smallest absolute Gasteiger partial charge is 0.317 e. The summed E-state index contributed by atoms with van der Waals surface area (Å²) >= 11 is 0. The van der Waals surface area contributed by atoms with Crippen molar-refractivity contribution >= 4 is 6.03 Å². The second-order valence-electron chi connectivity index (χ2n) is 7.83. The average molecular weight is 384 g/mol. The van der Waals surface area contributed by atoms with E-state index in [1.807, 2.05) is 23.1 Å². The van der Waals surface area contributed by atoms with E-state index in [1.54, 1.807) is 0 Å². The van der Waals surface area contributed by atoms with Crippen LogP contribution in [0.2, 0.25) is 0 Å². The standard InChI is InChI=1S/C20H24N4O4/c25-20(21-10-13-3-6-16-17(8-13)27-12-26-16)24-7-1-2-14(11-24)9-18-22-19(23-28-18)15-4-5-15/h3,6,8,14-15H,1-2,4-5,7,9-12H2,(H,21,25)/t14-/m0/s1. The first-order valence-electron chi connectivity index (χ1n) is 9.98. The van der Waals surface area contributed by atoms with Crippen molar-refractivity contribution in [3.8, 4) is 11.5 Å². The van der Waals surface area contributed by atoms with Gasteiger partial charge >= 0.3 is 6.03 Å². The fourth-order valence-corrected chi connectivity index (χ4v) is 3.86. The molecule has 1 atom stereocenters. The van der Waals surface area contributed by atoms with Gasteiger partial charge in [-0.15, -0.1) is 0 Å². The molecule has 0 radical (unpaired) electrons. The van der Waals surface area contributed by atoms with Crippen LogP contribution in [0, 0.1) is 5.92 Å². The number of benzene rings is 1. The summed E-state index contributed by atoms with van der Waals surface area (Å²) in [5.74, 6) is 3.90. The second-order valence-corrected chi connectivity index (χ2v) is 7.83. The fourth-order valence-electron chi connectivity index (χ4n) is 3.86. The highest BCUT2D eigenvalue weighted by Gasteiger charge is 2.30. The highest BCUT2D eigenvalue weighted by molar-refractivity contribution is 5.74. The molecule has 3 heterocycles. The zero-order valence-electron chi connectivity index (χ0n) is 15.7. The van der Waals surface area contributed by atoms with E-state index in [1.165, 1.54) is 12.8 Å². The summed E-state index contributed by atoms with van der Waals surface area (Å²) in [7, 11) is 0. The summed E-state index contributed by atoms with van der Waals surface area (Å²) in [4.78, 5) is 19.0. The first-order chi connectivity index (χ1) is 13.7. The number of carbonyl (C=O) groups is 1. The Bertz CT molecular complexity index is 864. The summed E-state index contributed by atoms with van der Waals surface area (Å²) in [5, 5.41) is 7.10. The Morgan fingerprint density at radius 3 is 3.00 bits per heavy atom. The van der Waals surface area contributed by atoms with Gasteiger partial charge in [0.1, 0.15) is 0 Å². The first-order valence-corrected chi connectivity index (χ1v) is 9.98. The minimum atomic E-state index is -0.0356. The largest absolute Gasteiger partial charge is 0.454 e. The predicted molar refractivity (Wildman–Crippen MR) is 99.1 cm³/mol. The van der Waals surface area contributed by atoms with Gasteiger partial charge in [0.05, 0.1) is 0 Å². The van der Waals surface area contributed by atoms with Gasteiger partial charge in [-0.1, -0.05) is 11.2 Å². The number of carbonyl (C=O) groups excluding carboxylic acids is 1. The topological polar surface area (TPSA) is 89.7 Å². The van der Waals surface area contributed by atoms with Gasteiger partial charge in [0.25, 0.3) is 0 Å². The molecule has 0 spiro atoms. The van der Waals surface area contributed by atoms with Crippen LogP contribution >= 0.6 is 0 Å². The number of nitrogens with zero attached hydrogens (tertiary/aromatic N) is 3. The van der Waals surface area contributed by atoms with E-state index in [0.717, 1.165) is 48.7 Å². The molecule has 8 heteroatoms. The van der Waals surface area contributed by atoms with Crippen molar-refractivity contribution in [1.29, 1.82) is 0 Å². The molecule has 28 heavy (non-hydrogen) atoms. The van der Waals surface area contributed by atoms with Gasteiger partial charge in [-0.25, -0.2) is 4.79 Å². The lowest BCUT2D eigenvalue weighted by Crippen LogP contribution is -2.45. The van der Waals surface area contributed by atoms with Crippen LogP contribution in [0.1, 0.15) is 48.9 Å². The Hall–Kier alpha value is -2.77. The Morgan fingerprint density at radius 1 is 1.21 bits per heavy atom. The number of aromatic nitrogens is 2. The number of nitrogens with one attached hydrogen (secondary N) is 1. The van der Waals surface area contributed by atoms with Gasteiger partial charge in [-0.05, 0) is 49.3 Å². The van der Waals surface area contributed by atoms with E-state index in [-0.39, 0.29) is 12.8 Å². The summed E-state index contributed by atoms with van der Waals surface area (Å²) in [6, 6.07) is 5.70. The van der Waals surface area contributed by atoms with E-state index in [4.69, 9.17) is 14.0 Å². The molecule has 5 rings (SSSR count). The molecule has 1 aliphatic carbocycles. The molecule has 1 aromatic heterocycles. The number of likely N-dealkylation sites (tertiary alicyclic amines) is 1. The molecule has 2 aliphatic heterocycles. The van der Waals surface area contributed by atoms with Gasteiger partial charge in [0.2, 0.25) is 12.7 Å². The summed E-state index contributed by atoms with van der Waals surface area (Å²) < 4.78 is 16.1. The van der Waals surface area contributed by atoms with Crippen molar-refractivity contribution in [2.75, 3.05) is 19.9 Å². The van der Waals surface area contributed by atoms with Gasteiger partial charge in [0.15, 0.2) is 17.3 Å². The SMILES string of the molecule is O=C(NCc1ccc2c(c1)OCO2)N1CCC[C@@H](Cc2nc(C3CC3)no2)C1. The van der Waals surface area contributed by atoms with Gasteiger partial charge in [0, 0.05) is 32.0 Å². The highest BCUT2D eigenvalue weighted by atomic mass is 16.7. The molecular formula is C20H24N4O4. The third-order valence-corrected chi connectivity index (χ3v) is 5.58. The van der Waals surface area contributed by atoms with Crippen LogP contribution in [-0.2, 0) is 13.0 Å². The van der Waals surface area contributed by atoms with Crippen LogP contribution in [-0.4, -0.2) is 41.0 Å². The molecule has 1 saturated heterocycles. The summed E-state index contributed by atoms with van der Waals surface area (Å²) in [6.07, 6.45) is 5.14. The molecule has 2 aromatic rings. The number of urea groups is 1. The van der Waals surface area contributed by atoms with Crippen LogP contribution in [0.25, 0.3) is 0 Å². The lowest BCUT2D eigenvalue weighted by Gasteiger charge is -2.32. The normalized spacial score (nSPS) is 21.0. The molecule has 3 aliphatic rings. The first kappa shape index (κ1) is 17.3. The van der Waals surface area contributed by atoms with Crippen LogP contribution in [0.5, 0.6) is 11.5 Å². The minimum absolute atomic E-state index is 0.0356. The predicted octanol–water partition coefficient (Wildman–Crippen LogP) is 2.84. The van der Waals surface area contributed by atoms with Crippen molar-refractivity contribution in [2.45, 2.75) is 44.6 Å². The van der Waals surface area contributed by atoms with Crippen LogP contribution < -0.4 is 14.8 Å². The lowest BCUT2D eigenvalue weighted by atomic mass is 9.95. The quantitative estimate of drug-likeness (QED) is 0.853. The number of amides is 2. The van der Waals surface area contributed by atoms with E-state index < -0.39 is 0 Å². The maximum Gasteiger partial charge on any atom is 0.317 e. The molecule has 2 amide bonds. The molecule has 8 nitrogen and oxygen atoms in total. The molecule has 148 valence electrons. The van der Waals surface area contributed by atoms with Crippen LogP contribution in [0.15, 0.2) is 22.7 Å². The van der Waals surface area contributed by atoms with Crippen LogP contribution in [0.3, 0.4) is 0 Å². The zero-order valence-corrected chi connectivity index (χ0v) is 15.7. The van der Waals surface area contributed by atoms with Crippen molar-refractivity contribution in [3.05, 3.63) is 35.5 Å². The average Bonchev–Trinajstić information content (AvgIpc) is 3.28. The molecule has 1 N–H and O–H groups in total. The molecule has 2 fully saturated rings. The number of hydrogen-bond donors (Lipinski definition) is 1. The number of rotatable bonds is 5. The van der Waals surface area contributed by atoms with Crippen molar-refractivity contribution in [1.82, 2.24) is 20.4 Å². The van der Waals surface area contributed by atoms with Gasteiger partial charge in [-0.3, -0.25) is 0 Å². The minimum Gasteiger partial charge on any atom is -0.454 e. The molecular weight excluding hydrogens is 360 g/mol. The Morgan fingerprint density at radius 2 is 2.11 bits per heavy atom. The van der Waals surface area contributed by atoms with E-state index in [0.29, 0.717) is 30.8 Å². The highest BCUT2D eigenvalue weighted by Crippen LogP contribution is 2.38. The fraction of sp³-hybridized carbons (Fsp3) is 0.550. The van der Waals surface area contributed by atoms with E-state index >= 15 is 0 Å². The van der Waals surface area contributed by atoms with Crippen molar-refractivity contribution in [2.24, 2.45) is 5.92 Å². The molecule has 1 saturated carbocycles. The number of hydrogen-bond acceptors (Lipinski definition) is 6. The third kappa shape index (κ3) is 3.76. The zero-order chi connectivity index (χ0) is 18.9. The van der Waals surface area contributed by atoms with Crippen LogP contribution in [0.4, 0.5) is 4.79 Å². The Labute approximate surface area is 163 Å². The number of piperidine rings is 1. The molecule has 0 bridgehead atoms. The molecule has 0 unspecified atom stereocenters. The maximum atomic E-state index is 12.6. The van der Waals surface area contributed by atoms with Crippen molar-refractivity contribution < 1.29 is 18.8 Å². The van der Waals surface area contributed by atoms with Gasteiger partial charge < -0.3 is 24.2 Å². The second kappa shape index (κ2) is 7.33. The lowest BCUT2D eigenvalue weighted by molar-refractivity contribution is 0.161. The molecule has 1 aromatic carbocycles. The van der Waals surface area contributed by atoms with Crippen molar-refractivity contribution in [3.63, 3.8) is 0 Å². The summed E-state index contributed by atoms with van der Waals surface area (Å²) in [6.45, 7) is 2.21.